The Morgan fingerprint density at radius 1 is 1.43 bits per heavy atom. The predicted octanol–water partition coefficient (Wildman–Crippen LogP) is 0.421. The zero-order valence-electron chi connectivity index (χ0n) is 8.46. The van der Waals surface area contributed by atoms with Crippen LogP contribution in [0.1, 0.15) is 25.7 Å². The third-order valence-electron chi connectivity index (χ3n) is 2.52. The maximum absolute atomic E-state index is 10.0. The van der Waals surface area contributed by atoms with E-state index < -0.39 is 5.60 Å². The van der Waals surface area contributed by atoms with E-state index in [1.165, 1.54) is 0 Å². The minimum absolute atomic E-state index is 0.578. The van der Waals surface area contributed by atoms with Gasteiger partial charge in [-0.1, -0.05) is 0 Å². The molecule has 4 heteroatoms. The summed E-state index contributed by atoms with van der Waals surface area (Å²) in [5.74, 6) is 0. The zero-order valence-corrected chi connectivity index (χ0v) is 8.46. The van der Waals surface area contributed by atoms with Gasteiger partial charge in [-0.25, -0.2) is 0 Å². The number of hydrogen-bond donors (Lipinski definition) is 2. The van der Waals surface area contributed by atoms with E-state index in [9.17, 15) is 5.11 Å². The quantitative estimate of drug-likeness (QED) is 0.628. The van der Waals surface area contributed by atoms with E-state index in [-0.39, 0.29) is 0 Å². The van der Waals surface area contributed by atoms with Crippen molar-refractivity contribution in [3.05, 3.63) is 0 Å². The first-order chi connectivity index (χ1) is 6.77. The van der Waals surface area contributed by atoms with E-state index in [4.69, 9.17) is 10.00 Å². The molecular formula is C10H18N2O2. The van der Waals surface area contributed by atoms with Crippen LogP contribution in [0.5, 0.6) is 0 Å². The van der Waals surface area contributed by atoms with Crippen LogP contribution in [0.2, 0.25) is 0 Å². The van der Waals surface area contributed by atoms with Crippen molar-refractivity contribution in [3.8, 4) is 6.07 Å². The SMILES string of the molecule is N#CCCCNCC1(O)CCOCC1. The third-order valence-corrected chi connectivity index (χ3v) is 2.52. The number of nitrogens with zero attached hydrogens (tertiary/aromatic N) is 1. The summed E-state index contributed by atoms with van der Waals surface area (Å²) in [6, 6.07) is 2.09. The van der Waals surface area contributed by atoms with Gasteiger partial charge in [0.15, 0.2) is 0 Å². The molecule has 0 radical (unpaired) electrons. The van der Waals surface area contributed by atoms with Crippen molar-refractivity contribution in [1.82, 2.24) is 5.32 Å². The van der Waals surface area contributed by atoms with E-state index in [0.29, 0.717) is 39.0 Å². The lowest BCUT2D eigenvalue weighted by Crippen LogP contribution is -2.45. The molecule has 0 amide bonds. The van der Waals surface area contributed by atoms with E-state index in [1.807, 2.05) is 0 Å². The summed E-state index contributed by atoms with van der Waals surface area (Å²) in [5.41, 5.74) is -0.592. The molecular weight excluding hydrogens is 180 g/mol. The Labute approximate surface area is 84.9 Å². The Morgan fingerprint density at radius 3 is 2.79 bits per heavy atom. The fourth-order valence-electron chi connectivity index (χ4n) is 1.54. The summed E-state index contributed by atoms with van der Waals surface area (Å²) < 4.78 is 5.18. The van der Waals surface area contributed by atoms with Crippen molar-refractivity contribution >= 4 is 0 Å². The maximum Gasteiger partial charge on any atom is 0.0815 e. The molecule has 0 bridgehead atoms. The molecule has 4 nitrogen and oxygen atoms in total. The monoisotopic (exact) mass is 198 g/mol. The Morgan fingerprint density at radius 2 is 2.14 bits per heavy atom. The molecule has 0 aromatic rings. The fraction of sp³-hybridized carbons (Fsp3) is 0.900. The topological polar surface area (TPSA) is 65.3 Å². The summed E-state index contributed by atoms with van der Waals surface area (Å²) in [6.45, 7) is 2.71. The predicted molar refractivity (Wildman–Crippen MR) is 52.7 cm³/mol. The third kappa shape index (κ3) is 4.05. The molecule has 1 aliphatic rings. The van der Waals surface area contributed by atoms with E-state index >= 15 is 0 Å². The molecule has 1 aliphatic heterocycles. The average molecular weight is 198 g/mol. The Kier molecular flexibility index (Phi) is 4.88. The molecule has 0 saturated carbocycles. The van der Waals surface area contributed by atoms with Crippen molar-refractivity contribution in [3.63, 3.8) is 0 Å². The molecule has 0 atom stereocenters. The van der Waals surface area contributed by atoms with Crippen molar-refractivity contribution < 1.29 is 9.84 Å². The highest BCUT2D eigenvalue weighted by molar-refractivity contribution is 4.83. The van der Waals surface area contributed by atoms with Crippen LogP contribution in [-0.4, -0.2) is 37.0 Å². The molecule has 2 N–H and O–H groups in total. The minimum atomic E-state index is -0.592. The van der Waals surface area contributed by atoms with Gasteiger partial charge in [-0.2, -0.15) is 5.26 Å². The molecule has 0 unspecified atom stereocenters. The molecule has 1 fully saturated rings. The highest BCUT2D eigenvalue weighted by Crippen LogP contribution is 2.18. The molecule has 80 valence electrons. The largest absolute Gasteiger partial charge is 0.388 e. The first-order valence-electron chi connectivity index (χ1n) is 5.15. The van der Waals surface area contributed by atoms with Gasteiger partial charge in [0.05, 0.1) is 11.7 Å². The molecule has 0 aromatic heterocycles. The fourth-order valence-corrected chi connectivity index (χ4v) is 1.54. The summed E-state index contributed by atoms with van der Waals surface area (Å²) in [7, 11) is 0. The Bertz CT molecular complexity index is 195. The normalized spacial score (nSPS) is 20.3. The van der Waals surface area contributed by atoms with Gasteiger partial charge in [0.1, 0.15) is 0 Å². The average Bonchev–Trinajstić information content (AvgIpc) is 2.18. The standard InChI is InChI=1S/C10H18N2O2/c11-5-1-2-6-12-9-10(13)3-7-14-8-4-10/h12-13H,1-4,6-9H2. The van der Waals surface area contributed by atoms with Crippen molar-refractivity contribution in [2.45, 2.75) is 31.3 Å². The second-order valence-electron chi connectivity index (χ2n) is 3.78. The smallest absolute Gasteiger partial charge is 0.0815 e. The van der Waals surface area contributed by atoms with Gasteiger partial charge in [-0.3, -0.25) is 0 Å². The van der Waals surface area contributed by atoms with Crippen LogP contribution in [0, 0.1) is 11.3 Å². The molecule has 0 spiro atoms. The molecule has 0 aliphatic carbocycles. The Hall–Kier alpha value is -0.630. The number of nitriles is 1. The lowest BCUT2D eigenvalue weighted by atomic mass is 9.94. The second kappa shape index (κ2) is 5.97. The van der Waals surface area contributed by atoms with Gasteiger partial charge < -0.3 is 15.2 Å². The van der Waals surface area contributed by atoms with Crippen LogP contribution >= 0.6 is 0 Å². The number of aliphatic hydroxyl groups is 1. The number of ether oxygens (including phenoxy) is 1. The summed E-state index contributed by atoms with van der Waals surface area (Å²) in [4.78, 5) is 0. The molecule has 14 heavy (non-hydrogen) atoms. The van der Waals surface area contributed by atoms with Gasteiger partial charge in [-0.05, 0) is 13.0 Å². The molecule has 1 rings (SSSR count). The highest BCUT2D eigenvalue weighted by atomic mass is 16.5. The van der Waals surface area contributed by atoms with E-state index in [0.717, 1.165) is 13.0 Å². The summed E-state index contributed by atoms with van der Waals surface area (Å²) in [6.07, 6.45) is 2.84. The van der Waals surface area contributed by atoms with Gasteiger partial charge in [0, 0.05) is 39.0 Å². The summed E-state index contributed by atoms with van der Waals surface area (Å²) in [5, 5.41) is 21.5. The number of hydrogen-bond acceptors (Lipinski definition) is 4. The van der Waals surface area contributed by atoms with Crippen molar-refractivity contribution in [1.29, 1.82) is 5.26 Å². The van der Waals surface area contributed by atoms with Crippen molar-refractivity contribution in [2.75, 3.05) is 26.3 Å². The van der Waals surface area contributed by atoms with Crippen LogP contribution in [-0.2, 0) is 4.74 Å². The van der Waals surface area contributed by atoms with Crippen LogP contribution in [0.25, 0.3) is 0 Å². The number of nitrogens with one attached hydrogen (secondary N) is 1. The first kappa shape index (κ1) is 11.4. The summed E-state index contributed by atoms with van der Waals surface area (Å²) >= 11 is 0. The molecule has 0 aromatic carbocycles. The number of rotatable bonds is 5. The van der Waals surface area contributed by atoms with Crippen LogP contribution in [0.15, 0.2) is 0 Å². The van der Waals surface area contributed by atoms with Crippen LogP contribution in [0.3, 0.4) is 0 Å². The lowest BCUT2D eigenvalue weighted by molar-refractivity contribution is -0.0614. The Balaban J connectivity index is 2.07. The molecule has 1 heterocycles. The van der Waals surface area contributed by atoms with Gasteiger partial charge in [-0.15, -0.1) is 0 Å². The first-order valence-corrected chi connectivity index (χ1v) is 5.15. The van der Waals surface area contributed by atoms with Gasteiger partial charge in [0.25, 0.3) is 0 Å². The van der Waals surface area contributed by atoms with Gasteiger partial charge in [0.2, 0.25) is 0 Å². The second-order valence-corrected chi connectivity index (χ2v) is 3.78. The van der Waals surface area contributed by atoms with Crippen LogP contribution in [0.4, 0.5) is 0 Å². The molecule has 1 saturated heterocycles. The van der Waals surface area contributed by atoms with Crippen LogP contribution < -0.4 is 5.32 Å². The zero-order chi connectivity index (χ0) is 10.3. The van der Waals surface area contributed by atoms with E-state index in [1.54, 1.807) is 0 Å². The minimum Gasteiger partial charge on any atom is -0.388 e. The van der Waals surface area contributed by atoms with Gasteiger partial charge >= 0.3 is 0 Å². The van der Waals surface area contributed by atoms with E-state index in [2.05, 4.69) is 11.4 Å². The number of unbranched alkanes of at least 4 members (excludes halogenated alkanes) is 1. The maximum atomic E-state index is 10.0. The lowest BCUT2D eigenvalue weighted by Gasteiger charge is -2.32. The highest BCUT2D eigenvalue weighted by Gasteiger charge is 2.28. The van der Waals surface area contributed by atoms with Crippen molar-refractivity contribution in [2.24, 2.45) is 0 Å².